The van der Waals surface area contributed by atoms with Crippen LogP contribution in [0.2, 0.25) is 0 Å². The number of aliphatic hydroxyl groups is 2. The Hall–Kier alpha value is -0.870. The number of fused-ring (bicyclic) bond motifs is 7. The molecule has 5 aliphatic carbocycles. The lowest BCUT2D eigenvalue weighted by atomic mass is 9.32. The van der Waals surface area contributed by atoms with E-state index in [-0.39, 0.29) is 52.1 Å². The summed E-state index contributed by atoms with van der Waals surface area (Å²) in [6.07, 6.45) is 9.23. The van der Waals surface area contributed by atoms with Crippen molar-refractivity contribution >= 4 is 5.97 Å². The average Bonchev–Trinajstić information content (AvgIpc) is 3.18. The molecule has 0 radical (unpaired) electrons. The van der Waals surface area contributed by atoms with Gasteiger partial charge < -0.3 is 15.3 Å². The molecule has 0 saturated heterocycles. The zero-order valence-electron chi connectivity index (χ0n) is 22.2. The largest absolute Gasteiger partial charge is 0.481 e. The number of hydrogen-bond acceptors (Lipinski definition) is 3. The van der Waals surface area contributed by atoms with Gasteiger partial charge in [0.15, 0.2) is 0 Å². The van der Waals surface area contributed by atoms with Crippen LogP contribution in [0.25, 0.3) is 0 Å². The third-order valence-electron chi connectivity index (χ3n) is 13.4. The summed E-state index contributed by atoms with van der Waals surface area (Å²) in [4.78, 5) is 12.8. The topological polar surface area (TPSA) is 77.8 Å². The van der Waals surface area contributed by atoms with Crippen LogP contribution < -0.4 is 0 Å². The molecule has 4 nitrogen and oxygen atoms in total. The van der Waals surface area contributed by atoms with E-state index in [9.17, 15) is 20.1 Å². The normalized spacial score (nSPS) is 53.7. The van der Waals surface area contributed by atoms with Gasteiger partial charge in [-0.3, -0.25) is 4.79 Å². The van der Waals surface area contributed by atoms with E-state index in [4.69, 9.17) is 0 Å². The fraction of sp³-hybridized carbons (Fsp3) is 0.900. The van der Waals surface area contributed by atoms with Crippen LogP contribution in [-0.4, -0.2) is 34.0 Å². The van der Waals surface area contributed by atoms with Crippen LogP contribution in [-0.2, 0) is 4.79 Å². The lowest BCUT2D eigenvalue weighted by Gasteiger charge is -2.73. The first-order valence-corrected chi connectivity index (χ1v) is 14.0. The Kier molecular flexibility index (Phi) is 5.52. The van der Waals surface area contributed by atoms with Gasteiger partial charge in [-0.25, -0.2) is 0 Å². The zero-order valence-corrected chi connectivity index (χ0v) is 22.2. The van der Waals surface area contributed by atoms with E-state index in [1.54, 1.807) is 0 Å². The second-order valence-corrected chi connectivity index (χ2v) is 14.4. The minimum absolute atomic E-state index is 0.00116. The summed E-state index contributed by atoms with van der Waals surface area (Å²) >= 11 is 0. The first kappa shape index (κ1) is 24.8. The molecule has 5 fully saturated rings. The molecule has 34 heavy (non-hydrogen) atoms. The molecule has 0 aromatic heterocycles. The van der Waals surface area contributed by atoms with E-state index in [0.717, 1.165) is 63.4 Å². The molecule has 4 heteroatoms. The maximum Gasteiger partial charge on any atom is 0.309 e. The van der Waals surface area contributed by atoms with Crippen molar-refractivity contribution in [1.82, 2.24) is 0 Å². The molecule has 0 heterocycles. The third-order valence-corrected chi connectivity index (χ3v) is 13.4. The number of rotatable bonds is 3. The maximum atomic E-state index is 12.8. The molecule has 192 valence electrons. The molecule has 0 amide bonds. The Morgan fingerprint density at radius 2 is 1.62 bits per heavy atom. The van der Waals surface area contributed by atoms with Crippen molar-refractivity contribution in [2.24, 2.45) is 56.7 Å². The standard InChI is InChI=1S/C30H48O4/c1-18(2)19-9-14-29(25(33)34)15-16-30(17-31)20(24(19)29)7-8-22-27(5)12-11-23(32)26(3,4)21(27)10-13-28(22,30)6/h19-24,31-32H,1,7-17H2,2-6H3,(H,33,34)/t19-,20+,21-,22-,23-,24-,27-,28+,29-,30-/m0/s1. The summed E-state index contributed by atoms with van der Waals surface area (Å²) < 4.78 is 0. The first-order valence-electron chi connectivity index (χ1n) is 14.0. The maximum absolute atomic E-state index is 12.8. The predicted octanol–water partition coefficient (Wildman–Crippen LogP) is 6.06. The molecule has 0 aliphatic heterocycles. The van der Waals surface area contributed by atoms with E-state index < -0.39 is 11.4 Å². The van der Waals surface area contributed by atoms with Crippen LogP contribution in [0.3, 0.4) is 0 Å². The fourth-order valence-corrected chi connectivity index (χ4v) is 11.7. The van der Waals surface area contributed by atoms with Gasteiger partial charge in [0.1, 0.15) is 0 Å². The van der Waals surface area contributed by atoms with Crippen molar-refractivity contribution in [1.29, 1.82) is 0 Å². The Morgan fingerprint density at radius 1 is 0.912 bits per heavy atom. The fourth-order valence-electron chi connectivity index (χ4n) is 11.7. The average molecular weight is 473 g/mol. The van der Waals surface area contributed by atoms with Gasteiger partial charge >= 0.3 is 5.97 Å². The molecule has 0 aromatic carbocycles. The number of aliphatic carboxylic acids is 1. The first-order chi connectivity index (χ1) is 15.8. The van der Waals surface area contributed by atoms with E-state index >= 15 is 0 Å². The number of carboxylic acids is 1. The van der Waals surface area contributed by atoms with Crippen LogP contribution in [0.4, 0.5) is 0 Å². The van der Waals surface area contributed by atoms with E-state index in [0.29, 0.717) is 18.3 Å². The van der Waals surface area contributed by atoms with Gasteiger partial charge in [-0.05, 0) is 117 Å². The van der Waals surface area contributed by atoms with Crippen molar-refractivity contribution in [2.45, 2.75) is 105 Å². The monoisotopic (exact) mass is 472 g/mol. The highest BCUT2D eigenvalue weighted by atomic mass is 16.4. The van der Waals surface area contributed by atoms with Gasteiger partial charge in [0.05, 0.1) is 11.5 Å². The van der Waals surface area contributed by atoms with Crippen LogP contribution in [0.5, 0.6) is 0 Å². The highest BCUT2D eigenvalue weighted by Gasteiger charge is 2.73. The van der Waals surface area contributed by atoms with Crippen LogP contribution in [0.15, 0.2) is 12.2 Å². The third kappa shape index (κ3) is 2.76. The lowest BCUT2D eigenvalue weighted by molar-refractivity contribution is -0.261. The summed E-state index contributed by atoms with van der Waals surface area (Å²) in [5.41, 5.74) is 0.348. The van der Waals surface area contributed by atoms with E-state index in [2.05, 4.69) is 41.2 Å². The highest BCUT2D eigenvalue weighted by molar-refractivity contribution is 5.76. The second kappa shape index (κ2) is 7.57. The molecule has 3 N–H and O–H groups in total. The van der Waals surface area contributed by atoms with Crippen molar-refractivity contribution in [3.05, 3.63) is 12.2 Å². The SMILES string of the molecule is C=C(C)[C@@H]1CC[C@]2(C(=O)O)CC[C@]3(CO)[C@H](CC[C@H]4[C@@]5(C)CC[C@H](O)C(C)(C)[C@@H]5CC[C@]43C)[C@H]12. The number of allylic oxidation sites excluding steroid dienone is 1. The Bertz CT molecular complexity index is 879. The molecule has 0 bridgehead atoms. The van der Waals surface area contributed by atoms with Crippen molar-refractivity contribution in [2.75, 3.05) is 6.61 Å². The molecule has 0 spiro atoms. The minimum atomic E-state index is -0.645. The highest BCUT2D eigenvalue weighted by Crippen LogP contribution is 2.77. The Balaban J connectivity index is 1.60. The number of hydrogen-bond donors (Lipinski definition) is 3. The summed E-state index contributed by atoms with van der Waals surface area (Å²) in [5.74, 6) is 0.981. The smallest absolute Gasteiger partial charge is 0.309 e. The molecule has 5 aliphatic rings. The molecule has 5 rings (SSSR count). The summed E-state index contributed by atoms with van der Waals surface area (Å²) in [5, 5.41) is 32.7. The van der Waals surface area contributed by atoms with Crippen molar-refractivity contribution in [3.8, 4) is 0 Å². The zero-order chi connectivity index (χ0) is 24.9. The van der Waals surface area contributed by atoms with Gasteiger partial charge in [0, 0.05) is 12.0 Å². The van der Waals surface area contributed by atoms with Crippen LogP contribution in [0, 0.1) is 56.7 Å². The Morgan fingerprint density at radius 3 is 2.24 bits per heavy atom. The minimum Gasteiger partial charge on any atom is -0.481 e. The van der Waals surface area contributed by atoms with E-state index in [1.165, 1.54) is 0 Å². The van der Waals surface area contributed by atoms with Gasteiger partial charge in [-0.15, -0.1) is 0 Å². The van der Waals surface area contributed by atoms with E-state index in [1.807, 2.05) is 0 Å². The van der Waals surface area contributed by atoms with Crippen LogP contribution in [0.1, 0.15) is 98.8 Å². The predicted molar refractivity (Wildman–Crippen MR) is 134 cm³/mol. The van der Waals surface area contributed by atoms with Crippen LogP contribution >= 0.6 is 0 Å². The number of carbonyl (C=O) groups is 1. The molecular formula is C30H48O4. The molecular weight excluding hydrogens is 424 g/mol. The van der Waals surface area contributed by atoms with Gasteiger partial charge in [-0.1, -0.05) is 39.8 Å². The van der Waals surface area contributed by atoms with Crippen molar-refractivity contribution < 1.29 is 20.1 Å². The number of carboxylic acid groups (broad SMARTS) is 1. The Labute approximate surface area is 206 Å². The number of aliphatic hydroxyl groups excluding tert-OH is 2. The molecule has 0 unspecified atom stereocenters. The van der Waals surface area contributed by atoms with Crippen molar-refractivity contribution in [3.63, 3.8) is 0 Å². The van der Waals surface area contributed by atoms with Gasteiger partial charge in [0.25, 0.3) is 0 Å². The molecule has 5 saturated carbocycles. The van der Waals surface area contributed by atoms with Gasteiger partial charge in [0.2, 0.25) is 0 Å². The van der Waals surface area contributed by atoms with Gasteiger partial charge in [-0.2, -0.15) is 0 Å². The second-order valence-electron chi connectivity index (χ2n) is 14.4. The summed E-state index contributed by atoms with van der Waals surface area (Å²) in [6, 6.07) is 0. The molecule has 0 aromatic rings. The molecule has 10 atom stereocenters. The quantitative estimate of drug-likeness (QED) is 0.436. The lowest BCUT2D eigenvalue weighted by Crippen LogP contribution is -2.68. The summed E-state index contributed by atoms with van der Waals surface area (Å²) in [6.45, 7) is 16.1. The summed E-state index contributed by atoms with van der Waals surface area (Å²) in [7, 11) is 0.